The lowest BCUT2D eigenvalue weighted by Gasteiger charge is -1.74. The van der Waals surface area contributed by atoms with Crippen LogP contribution in [0.3, 0.4) is 0 Å². The average molecular weight is 109 g/mol. The fourth-order valence-electron chi connectivity index (χ4n) is 0.421. The van der Waals surface area contributed by atoms with E-state index >= 15 is 0 Å². The number of aryl methyl sites for hydroxylation is 1. The third kappa shape index (κ3) is 0.897. The summed E-state index contributed by atoms with van der Waals surface area (Å²) in [5.41, 5.74) is 0. The van der Waals surface area contributed by atoms with E-state index in [1.165, 1.54) is 0 Å². The molecule has 1 aromatic heterocycles. The van der Waals surface area contributed by atoms with Gasteiger partial charge in [-0.2, -0.15) is 0 Å². The Hall–Kier alpha value is -0.573. The number of hydrogen-bond acceptors (Lipinski definition) is 1. The van der Waals surface area contributed by atoms with Gasteiger partial charge in [-0.3, -0.25) is 0 Å². The first kappa shape index (κ1) is 4.58. The molecule has 0 saturated heterocycles. The van der Waals surface area contributed by atoms with Crippen molar-refractivity contribution in [3.63, 3.8) is 0 Å². The Balaban J connectivity index is 3.04. The summed E-state index contributed by atoms with van der Waals surface area (Å²) in [7, 11) is 3.26. The molecule has 0 bridgehead atoms. The highest BCUT2D eigenvalue weighted by Gasteiger charge is 1.83. The summed E-state index contributed by atoms with van der Waals surface area (Å²) in [6.45, 7) is 1.91. The summed E-state index contributed by atoms with van der Waals surface area (Å²) in [5.74, 6) is 0.935. The molecule has 0 aliphatic rings. The number of hydrogen-bond donors (Lipinski definition) is 1. The molecule has 0 aromatic carbocycles. The monoisotopic (exact) mass is 109 g/mol. The van der Waals surface area contributed by atoms with E-state index in [9.17, 15) is 0 Å². The molecular formula is C4H5N2Si. The fourth-order valence-corrected chi connectivity index (χ4v) is 0.666. The molecule has 0 fully saturated rings. The van der Waals surface area contributed by atoms with Crippen molar-refractivity contribution in [1.29, 1.82) is 0 Å². The molecule has 0 spiro atoms. The van der Waals surface area contributed by atoms with Crippen LogP contribution in [-0.4, -0.2) is 20.2 Å². The lowest BCUT2D eigenvalue weighted by molar-refractivity contribution is 1.16. The van der Waals surface area contributed by atoms with Gasteiger partial charge in [0.2, 0.25) is 0 Å². The van der Waals surface area contributed by atoms with Gasteiger partial charge in [0.1, 0.15) is 5.82 Å². The lowest BCUT2D eigenvalue weighted by Crippen LogP contribution is -2.00. The molecule has 1 N–H and O–H groups in total. The fraction of sp³-hybridized carbons (Fsp3) is 0.250. The van der Waals surface area contributed by atoms with Crippen LogP contribution in [-0.2, 0) is 0 Å². The van der Waals surface area contributed by atoms with Crippen molar-refractivity contribution < 1.29 is 0 Å². The summed E-state index contributed by atoms with van der Waals surface area (Å²) in [5, 5.41) is 0.928. The second-order valence-electron chi connectivity index (χ2n) is 1.38. The summed E-state index contributed by atoms with van der Waals surface area (Å²) in [6.07, 6.45) is 1.73. The minimum atomic E-state index is 0.928. The third-order valence-corrected chi connectivity index (χ3v) is 0.957. The van der Waals surface area contributed by atoms with E-state index < -0.39 is 0 Å². The zero-order valence-electron chi connectivity index (χ0n) is 4.02. The van der Waals surface area contributed by atoms with E-state index in [1.807, 2.05) is 6.92 Å². The van der Waals surface area contributed by atoms with Crippen LogP contribution < -0.4 is 5.32 Å². The average Bonchev–Trinajstić information content (AvgIpc) is 1.87. The first-order valence-corrected chi connectivity index (χ1v) is 2.52. The van der Waals surface area contributed by atoms with Crippen LogP contribution >= 0.6 is 0 Å². The molecule has 0 saturated carbocycles. The first-order valence-electron chi connectivity index (χ1n) is 2.02. The van der Waals surface area contributed by atoms with Crippen molar-refractivity contribution in [1.82, 2.24) is 9.97 Å². The van der Waals surface area contributed by atoms with Gasteiger partial charge in [-0.05, 0) is 6.92 Å². The Labute approximate surface area is 45.4 Å². The van der Waals surface area contributed by atoms with E-state index in [0.29, 0.717) is 0 Å². The van der Waals surface area contributed by atoms with Gasteiger partial charge in [0.05, 0.1) is 10.2 Å². The van der Waals surface area contributed by atoms with Crippen LogP contribution in [0.25, 0.3) is 0 Å². The zero-order chi connectivity index (χ0) is 5.28. The molecular weight excluding hydrogens is 104 g/mol. The van der Waals surface area contributed by atoms with Crippen molar-refractivity contribution >= 4 is 15.6 Å². The second-order valence-corrected chi connectivity index (χ2v) is 1.92. The second kappa shape index (κ2) is 1.50. The molecule has 3 heteroatoms. The standard InChI is InChI=1S/C4H5N2Si/c1-3-5-2-4(7)6-3/h2H,1H3,(H,5,6). The van der Waals surface area contributed by atoms with E-state index in [2.05, 4.69) is 20.2 Å². The van der Waals surface area contributed by atoms with Crippen molar-refractivity contribution in [3.8, 4) is 0 Å². The SMILES string of the molecule is Cc1ncc([Si])[nH]1. The molecule has 1 heterocycles. The predicted octanol–water partition coefficient (Wildman–Crippen LogP) is -0.488. The largest absolute Gasteiger partial charge is 0.351 e. The van der Waals surface area contributed by atoms with Crippen molar-refractivity contribution in [2.24, 2.45) is 0 Å². The summed E-state index contributed by atoms with van der Waals surface area (Å²) < 4.78 is 0. The maximum atomic E-state index is 3.91. The van der Waals surface area contributed by atoms with E-state index in [4.69, 9.17) is 0 Å². The Kier molecular flexibility index (Phi) is 0.980. The van der Waals surface area contributed by atoms with Crippen molar-refractivity contribution in [2.75, 3.05) is 0 Å². The van der Waals surface area contributed by atoms with Gasteiger partial charge in [-0.25, -0.2) is 4.98 Å². The van der Waals surface area contributed by atoms with Gasteiger partial charge >= 0.3 is 0 Å². The van der Waals surface area contributed by atoms with Gasteiger partial charge in [0, 0.05) is 11.5 Å². The minimum Gasteiger partial charge on any atom is -0.351 e. The maximum Gasteiger partial charge on any atom is 0.102 e. The Morgan fingerprint density at radius 1 is 1.86 bits per heavy atom. The van der Waals surface area contributed by atoms with Crippen LogP contribution in [0, 0.1) is 6.92 Å². The predicted molar refractivity (Wildman–Crippen MR) is 28.7 cm³/mol. The number of aromatic amines is 1. The number of rotatable bonds is 0. The molecule has 1 rings (SSSR count). The summed E-state index contributed by atoms with van der Waals surface area (Å²) >= 11 is 0. The van der Waals surface area contributed by atoms with Gasteiger partial charge in [0.25, 0.3) is 0 Å². The van der Waals surface area contributed by atoms with Crippen molar-refractivity contribution in [2.45, 2.75) is 6.92 Å². The van der Waals surface area contributed by atoms with Gasteiger partial charge in [-0.15, -0.1) is 0 Å². The number of H-pyrrole nitrogens is 1. The number of nitrogens with zero attached hydrogens (tertiary/aromatic N) is 1. The van der Waals surface area contributed by atoms with Crippen molar-refractivity contribution in [3.05, 3.63) is 12.0 Å². The molecule has 0 amide bonds. The van der Waals surface area contributed by atoms with Crippen LogP contribution in [0.15, 0.2) is 6.20 Å². The Morgan fingerprint density at radius 2 is 2.57 bits per heavy atom. The van der Waals surface area contributed by atoms with E-state index in [-0.39, 0.29) is 0 Å². The van der Waals surface area contributed by atoms with E-state index in [1.54, 1.807) is 6.20 Å². The minimum absolute atomic E-state index is 0.928. The molecule has 35 valence electrons. The van der Waals surface area contributed by atoms with Gasteiger partial charge < -0.3 is 4.98 Å². The molecule has 3 radical (unpaired) electrons. The summed E-state index contributed by atoms with van der Waals surface area (Å²) in [4.78, 5) is 6.85. The van der Waals surface area contributed by atoms with Crippen LogP contribution in [0.1, 0.15) is 5.82 Å². The van der Waals surface area contributed by atoms with Gasteiger partial charge in [0.15, 0.2) is 0 Å². The number of aromatic nitrogens is 2. The van der Waals surface area contributed by atoms with Gasteiger partial charge in [-0.1, -0.05) is 0 Å². The number of nitrogens with one attached hydrogen (secondary N) is 1. The highest BCUT2D eigenvalue weighted by Crippen LogP contribution is 1.75. The Morgan fingerprint density at radius 3 is 2.71 bits per heavy atom. The quantitative estimate of drug-likeness (QED) is 0.447. The maximum absolute atomic E-state index is 3.91. The zero-order valence-corrected chi connectivity index (χ0v) is 5.02. The molecule has 0 aliphatic heterocycles. The van der Waals surface area contributed by atoms with Crippen LogP contribution in [0.5, 0.6) is 0 Å². The highest BCUT2D eigenvalue weighted by atomic mass is 28.1. The normalized spacial score (nSPS) is 9.43. The highest BCUT2D eigenvalue weighted by molar-refractivity contribution is 6.30. The third-order valence-electron chi connectivity index (χ3n) is 0.703. The van der Waals surface area contributed by atoms with E-state index in [0.717, 1.165) is 11.1 Å². The summed E-state index contributed by atoms with van der Waals surface area (Å²) in [6, 6.07) is 0. The molecule has 7 heavy (non-hydrogen) atoms. The lowest BCUT2D eigenvalue weighted by atomic mass is 10.8. The smallest absolute Gasteiger partial charge is 0.102 e. The molecule has 0 atom stereocenters. The molecule has 1 aromatic rings. The van der Waals surface area contributed by atoms with Crippen LogP contribution in [0.2, 0.25) is 0 Å². The molecule has 2 nitrogen and oxygen atoms in total. The Bertz CT molecular complexity index is 142. The molecule has 0 aliphatic carbocycles. The van der Waals surface area contributed by atoms with Crippen LogP contribution in [0.4, 0.5) is 0 Å². The topological polar surface area (TPSA) is 28.7 Å². The number of imidazole rings is 1. The molecule has 0 unspecified atom stereocenters. The first-order chi connectivity index (χ1) is 3.29.